The number of halogens is 2. The van der Waals surface area contributed by atoms with Crippen LogP contribution in [0.1, 0.15) is 90.1 Å². The second-order valence-corrected chi connectivity index (χ2v) is 25.4. The first-order valence-electron chi connectivity index (χ1n) is 29.5. The number of carbonyl (C=O) groups is 4. The number of rotatable bonds is 32. The van der Waals surface area contributed by atoms with E-state index in [9.17, 15) is 44.8 Å². The van der Waals surface area contributed by atoms with Crippen LogP contribution in [0.15, 0.2) is 130 Å². The van der Waals surface area contributed by atoms with Crippen LogP contribution >= 0.6 is 0 Å². The fraction of sp³-hybridized carbons (Fsp3) is 0.333. The number of ether oxygens (including phenoxy) is 6. The molecule has 0 unspecified atom stereocenters. The molecule has 0 radical (unpaired) electrons. The molecule has 0 bridgehead atoms. The van der Waals surface area contributed by atoms with E-state index in [1.807, 2.05) is 12.1 Å². The minimum Gasteiger partial charge on any atom is -0.491 e. The van der Waals surface area contributed by atoms with Crippen LogP contribution in [-0.4, -0.2) is 157 Å². The molecule has 2 aliphatic carbocycles. The van der Waals surface area contributed by atoms with Gasteiger partial charge in [-0.25, -0.2) is 35.2 Å². The summed E-state index contributed by atoms with van der Waals surface area (Å²) in [4.78, 5) is 48.0. The number of benzene rings is 6. The van der Waals surface area contributed by atoms with Crippen molar-refractivity contribution in [2.75, 3.05) is 114 Å². The van der Waals surface area contributed by atoms with Gasteiger partial charge in [0, 0.05) is 48.1 Å². The minimum atomic E-state index is -3.73. The maximum atomic E-state index is 13.6. The van der Waals surface area contributed by atoms with Crippen LogP contribution in [0.25, 0.3) is 44.6 Å². The smallest absolute Gasteiger partial charge is 0.335 e. The highest BCUT2D eigenvalue weighted by Crippen LogP contribution is 2.50. The molecule has 2 aliphatic rings. The van der Waals surface area contributed by atoms with Crippen molar-refractivity contribution in [1.82, 2.24) is 10.6 Å². The Labute approximate surface area is 530 Å². The number of fused-ring (bicyclic) bond motifs is 2. The molecule has 22 nitrogen and oxygen atoms in total. The molecule has 10 rings (SSSR count). The van der Waals surface area contributed by atoms with Crippen molar-refractivity contribution in [1.29, 1.82) is 0 Å². The largest absolute Gasteiger partial charge is 0.491 e. The average molecular weight is 1310 g/mol. The van der Waals surface area contributed by atoms with E-state index in [0.717, 1.165) is 49.3 Å². The Morgan fingerprint density at radius 1 is 0.500 bits per heavy atom. The molecule has 2 aromatic heterocycles. The number of carbonyl (C=O) groups excluding carboxylic acids is 2. The number of amides is 2. The van der Waals surface area contributed by atoms with Crippen LogP contribution in [-0.2, 0) is 39.0 Å². The summed E-state index contributed by atoms with van der Waals surface area (Å²) in [5.41, 5.74) is 5.12. The van der Waals surface area contributed by atoms with Gasteiger partial charge >= 0.3 is 11.9 Å². The summed E-state index contributed by atoms with van der Waals surface area (Å²) in [6.07, 6.45) is 5.81. The summed E-state index contributed by atoms with van der Waals surface area (Å²) in [7, 11) is -4.43. The molecule has 26 heteroatoms. The van der Waals surface area contributed by atoms with Crippen molar-refractivity contribution in [3.05, 3.63) is 166 Å². The molecule has 0 atom stereocenters. The summed E-state index contributed by atoms with van der Waals surface area (Å²) in [5, 5.41) is 24.4. The van der Waals surface area contributed by atoms with Gasteiger partial charge in [-0.05, 0) is 152 Å². The monoisotopic (exact) mass is 1310 g/mol. The highest BCUT2D eigenvalue weighted by Gasteiger charge is 2.35. The second-order valence-electron chi connectivity index (χ2n) is 21.6. The molecule has 4 N–H and O–H groups in total. The quantitative estimate of drug-likeness (QED) is 0.0285. The molecular weight excluding hydrogens is 1240 g/mol. The normalized spacial score (nSPS) is 13.1. The predicted octanol–water partition coefficient (Wildman–Crippen LogP) is 10.1. The molecule has 2 heterocycles. The second kappa shape index (κ2) is 30.5. The van der Waals surface area contributed by atoms with Crippen molar-refractivity contribution in [3.63, 3.8) is 0 Å². The molecule has 0 spiro atoms. The van der Waals surface area contributed by atoms with Crippen LogP contribution in [0.5, 0.6) is 11.5 Å². The Morgan fingerprint density at radius 3 is 1.27 bits per heavy atom. The zero-order chi connectivity index (χ0) is 65.7. The van der Waals surface area contributed by atoms with Gasteiger partial charge in [-0.1, -0.05) is 6.07 Å². The van der Waals surface area contributed by atoms with E-state index < -0.39 is 43.6 Å². The van der Waals surface area contributed by atoms with Gasteiger partial charge in [0.15, 0.2) is 0 Å². The van der Waals surface area contributed by atoms with Crippen LogP contribution < -0.4 is 28.7 Å². The summed E-state index contributed by atoms with van der Waals surface area (Å²) in [6.45, 7) is 2.27. The number of nitrogens with zero attached hydrogens (tertiary/aromatic N) is 2. The summed E-state index contributed by atoms with van der Waals surface area (Å²) in [5.74, 6) is -1.88. The van der Waals surface area contributed by atoms with Gasteiger partial charge in [0.25, 0.3) is 11.8 Å². The molecule has 2 saturated carbocycles. The molecule has 8 aromatic rings. The number of sulfonamides is 2. The lowest BCUT2D eigenvalue weighted by Crippen LogP contribution is -2.34. The number of carboxylic acids is 2. The molecule has 6 aromatic carbocycles. The third kappa shape index (κ3) is 17.4. The molecular formula is C66H70F2N4O18S2. The standard InChI is InChI=1S/2C33H35FN2O9S/c1-35-32(37)30-27-19-26(21-3-4-21)28(20-29(27)45-31(30)22-5-9-24(34)10-6-22)36(46(2,40)41)13-14-42-15-16-43-17-18-44-25-11-7-23(8-12-25)33(38)39;1-35-32(37)30-27-19-26(21-6-7-21)28(20-29(27)45-31(30)22-8-10-24(34)11-9-22)36(46(2,40)41)12-13-42-14-15-43-16-17-44-25-5-3-4-23(18-25)33(38)39/h5-12,19-21H,3-4,13-18H2,1-2H3,(H,35,37)(H,38,39);3-5,8-11,18-21H,6-7,12-17H2,1-2H3,(H,35,37)(H,38,39). The van der Waals surface area contributed by atoms with E-state index in [2.05, 4.69) is 10.6 Å². The lowest BCUT2D eigenvalue weighted by molar-refractivity contribution is 0.0389. The van der Waals surface area contributed by atoms with Crippen molar-refractivity contribution in [2.24, 2.45) is 0 Å². The van der Waals surface area contributed by atoms with Gasteiger partial charge < -0.3 is 58.1 Å². The minimum absolute atomic E-state index is 0.0426. The molecule has 488 valence electrons. The Kier molecular flexibility index (Phi) is 22.3. The highest BCUT2D eigenvalue weighted by atomic mass is 32.2. The van der Waals surface area contributed by atoms with E-state index in [4.69, 9.17) is 47.5 Å². The Balaban J connectivity index is 0.000000217. The van der Waals surface area contributed by atoms with Gasteiger partial charge in [0.2, 0.25) is 20.0 Å². The molecule has 2 fully saturated rings. The lowest BCUT2D eigenvalue weighted by Gasteiger charge is -2.25. The van der Waals surface area contributed by atoms with Gasteiger partial charge in [-0.3, -0.25) is 18.2 Å². The average Bonchev–Trinajstić information content (AvgIpc) is 1.64. The highest BCUT2D eigenvalue weighted by molar-refractivity contribution is 7.92. The first kappa shape index (κ1) is 67.5. The molecule has 92 heavy (non-hydrogen) atoms. The van der Waals surface area contributed by atoms with E-state index in [0.29, 0.717) is 67.1 Å². The first-order chi connectivity index (χ1) is 44.1. The van der Waals surface area contributed by atoms with Crippen molar-refractivity contribution in [2.45, 2.75) is 37.5 Å². The zero-order valence-electron chi connectivity index (χ0n) is 50.9. The Bertz CT molecular complexity index is 4150. The van der Waals surface area contributed by atoms with Crippen molar-refractivity contribution < 1.29 is 92.3 Å². The van der Waals surface area contributed by atoms with Gasteiger partial charge in [0.05, 0.1) is 112 Å². The van der Waals surface area contributed by atoms with Gasteiger partial charge in [0.1, 0.15) is 59.0 Å². The van der Waals surface area contributed by atoms with E-state index in [-0.39, 0.29) is 125 Å². The Morgan fingerprint density at radius 2 is 0.891 bits per heavy atom. The van der Waals surface area contributed by atoms with E-state index in [1.165, 1.54) is 95.5 Å². The maximum Gasteiger partial charge on any atom is 0.335 e. The lowest BCUT2D eigenvalue weighted by atomic mass is 10.0. The number of carboxylic acid groups (broad SMARTS) is 2. The van der Waals surface area contributed by atoms with Crippen LogP contribution in [0.2, 0.25) is 0 Å². The number of nitrogens with one attached hydrogen (secondary N) is 2. The van der Waals surface area contributed by atoms with Crippen LogP contribution in [0.4, 0.5) is 20.2 Å². The first-order valence-corrected chi connectivity index (χ1v) is 33.2. The van der Waals surface area contributed by atoms with Crippen molar-refractivity contribution >= 4 is 77.1 Å². The zero-order valence-corrected chi connectivity index (χ0v) is 52.5. The molecule has 2 amide bonds. The fourth-order valence-corrected chi connectivity index (χ4v) is 12.0. The van der Waals surface area contributed by atoms with Crippen LogP contribution in [0, 0.1) is 11.6 Å². The number of hydrogen-bond acceptors (Lipinski definition) is 16. The fourth-order valence-electron chi connectivity index (χ4n) is 10.2. The molecule has 0 aliphatic heterocycles. The van der Waals surface area contributed by atoms with Gasteiger partial charge in [-0.2, -0.15) is 0 Å². The van der Waals surface area contributed by atoms with Gasteiger partial charge in [-0.15, -0.1) is 0 Å². The molecule has 0 saturated heterocycles. The number of aromatic carboxylic acids is 2. The van der Waals surface area contributed by atoms with E-state index >= 15 is 0 Å². The third-order valence-corrected chi connectivity index (χ3v) is 17.3. The van der Waals surface area contributed by atoms with E-state index in [1.54, 1.807) is 36.4 Å². The number of anilines is 2. The summed E-state index contributed by atoms with van der Waals surface area (Å²) < 4.78 is 128. The summed E-state index contributed by atoms with van der Waals surface area (Å²) in [6, 6.07) is 30.4. The third-order valence-electron chi connectivity index (χ3n) is 15.0. The number of furan rings is 2. The van der Waals surface area contributed by atoms with Crippen LogP contribution in [0.3, 0.4) is 0 Å². The maximum absolute atomic E-state index is 13.6. The van der Waals surface area contributed by atoms with Crippen molar-refractivity contribution in [3.8, 4) is 34.1 Å². The SMILES string of the molecule is CNC(=O)c1c(-c2ccc(F)cc2)oc2cc(N(CCOCCOCCOc3ccc(C(=O)O)cc3)S(C)(=O)=O)c(C3CC3)cc12.CNC(=O)c1c(-c2ccc(F)cc2)oc2cc(N(CCOCCOCCOc3cccc(C(=O)O)c3)S(C)(=O)=O)c(C3CC3)cc12. The predicted molar refractivity (Wildman–Crippen MR) is 339 cm³/mol. The topological polar surface area (TPSA) is 289 Å². The number of hydrogen-bond donors (Lipinski definition) is 4. The Hall–Kier alpha value is -8.92. The summed E-state index contributed by atoms with van der Waals surface area (Å²) >= 11 is 0.